The summed E-state index contributed by atoms with van der Waals surface area (Å²) in [5.74, 6) is -0.933. The summed E-state index contributed by atoms with van der Waals surface area (Å²) in [4.78, 5) is 43.9. The van der Waals surface area contributed by atoms with Crippen molar-refractivity contribution in [2.24, 2.45) is 0 Å². The van der Waals surface area contributed by atoms with Crippen molar-refractivity contribution in [1.29, 1.82) is 0 Å². The lowest BCUT2D eigenvalue weighted by Gasteiger charge is -2.12. The second kappa shape index (κ2) is 14.9. The Morgan fingerprint density at radius 1 is 0.818 bits per heavy atom. The first-order chi connectivity index (χ1) is 21.3. The van der Waals surface area contributed by atoms with Crippen molar-refractivity contribution in [2.75, 3.05) is 16.4 Å². The molecule has 0 radical (unpaired) electrons. The van der Waals surface area contributed by atoms with Gasteiger partial charge in [0.25, 0.3) is 11.8 Å². The Hall–Kier alpha value is -4.41. The van der Waals surface area contributed by atoms with Crippen LogP contribution in [0.1, 0.15) is 15.9 Å². The topological polar surface area (TPSA) is 100 Å². The minimum Gasteiger partial charge on any atom is -0.321 e. The normalized spacial score (nSPS) is 11.1. The molecule has 0 fully saturated rings. The molecule has 0 bridgehead atoms. The average molecular weight is 660 g/mol. The van der Waals surface area contributed by atoms with Gasteiger partial charge in [-0.1, -0.05) is 71.7 Å². The van der Waals surface area contributed by atoms with Crippen molar-refractivity contribution < 1.29 is 14.4 Å². The fourth-order valence-corrected chi connectivity index (χ4v) is 5.71. The Morgan fingerprint density at radius 3 is 2.25 bits per heavy atom. The van der Waals surface area contributed by atoms with Gasteiger partial charge in [-0.25, -0.2) is 4.98 Å². The zero-order valence-corrected chi connectivity index (χ0v) is 26.1. The number of halogens is 2. The second-order valence-electron chi connectivity index (χ2n) is 9.26. The van der Waals surface area contributed by atoms with Crippen molar-refractivity contribution in [3.05, 3.63) is 135 Å². The van der Waals surface area contributed by atoms with Gasteiger partial charge in [0.1, 0.15) is 5.70 Å². The molecular weight excluding hydrogens is 635 g/mol. The third kappa shape index (κ3) is 8.58. The number of hydrogen-bond donors (Lipinski definition) is 3. The van der Waals surface area contributed by atoms with Gasteiger partial charge in [0.05, 0.1) is 11.4 Å². The standard InChI is InChI=1S/C33H24Cl2N4O3S2/c34-23-12-10-21(11-13-23)18-28(37-31(41)22-6-2-1-3-7-22)32(42)36-24-14-16-25(17-15-24)43-20-30(40)39-33-38-29(19-44-33)26-8-4-5-9-27(26)35/h1-19H,20H2,(H,36,42)(H,37,41)(H,38,39,40)/b28-18-. The van der Waals surface area contributed by atoms with E-state index in [2.05, 4.69) is 20.9 Å². The molecule has 4 aromatic carbocycles. The van der Waals surface area contributed by atoms with Crippen LogP contribution < -0.4 is 16.0 Å². The molecule has 0 aliphatic rings. The van der Waals surface area contributed by atoms with Crippen LogP contribution in [-0.4, -0.2) is 28.5 Å². The molecule has 0 unspecified atom stereocenters. The summed E-state index contributed by atoms with van der Waals surface area (Å²) in [5.41, 5.74) is 3.20. The van der Waals surface area contributed by atoms with Gasteiger partial charge in [0.15, 0.2) is 5.13 Å². The first kappa shape index (κ1) is 31.0. The van der Waals surface area contributed by atoms with E-state index in [4.69, 9.17) is 23.2 Å². The van der Waals surface area contributed by atoms with Gasteiger partial charge < -0.3 is 16.0 Å². The Labute approximate surface area is 272 Å². The molecule has 1 aromatic heterocycles. The predicted molar refractivity (Wildman–Crippen MR) is 180 cm³/mol. The lowest BCUT2D eigenvalue weighted by Crippen LogP contribution is -2.30. The quantitative estimate of drug-likeness (QED) is 0.104. The zero-order valence-electron chi connectivity index (χ0n) is 22.9. The number of thiazole rings is 1. The number of benzene rings is 4. The number of anilines is 2. The number of carbonyl (C=O) groups excluding carboxylic acids is 3. The summed E-state index contributed by atoms with van der Waals surface area (Å²) in [6.07, 6.45) is 1.58. The monoisotopic (exact) mass is 658 g/mol. The van der Waals surface area contributed by atoms with Crippen LogP contribution in [0.2, 0.25) is 10.0 Å². The van der Waals surface area contributed by atoms with Crippen molar-refractivity contribution >= 4 is 80.9 Å². The molecule has 0 aliphatic carbocycles. The van der Waals surface area contributed by atoms with Gasteiger partial charge in [0, 0.05) is 37.1 Å². The summed E-state index contributed by atoms with van der Waals surface area (Å²) < 4.78 is 0. The number of carbonyl (C=O) groups is 3. The Bertz CT molecular complexity index is 1810. The van der Waals surface area contributed by atoms with E-state index >= 15 is 0 Å². The van der Waals surface area contributed by atoms with E-state index in [-0.39, 0.29) is 17.4 Å². The van der Waals surface area contributed by atoms with Crippen LogP contribution >= 0.6 is 46.3 Å². The number of amides is 3. The molecule has 11 heteroatoms. The van der Waals surface area contributed by atoms with Crippen LogP contribution in [0.25, 0.3) is 17.3 Å². The summed E-state index contributed by atoms with van der Waals surface area (Å²) in [6.45, 7) is 0. The molecule has 5 aromatic rings. The smallest absolute Gasteiger partial charge is 0.272 e. The Kier molecular flexibility index (Phi) is 10.5. The number of rotatable bonds is 10. The maximum absolute atomic E-state index is 13.2. The first-order valence-electron chi connectivity index (χ1n) is 13.2. The lowest BCUT2D eigenvalue weighted by molar-refractivity contribution is -0.114. The van der Waals surface area contributed by atoms with Gasteiger partial charge in [0.2, 0.25) is 5.91 Å². The largest absolute Gasteiger partial charge is 0.321 e. The fraction of sp³-hybridized carbons (Fsp3) is 0.0303. The minimum atomic E-state index is -0.497. The van der Waals surface area contributed by atoms with E-state index < -0.39 is 11.8 Å². The molecule has 0 saturated carbocycles. The van der Waals surface area contributed by atoms with E-state index in [1.54, 1.807) is 84.9 Å². The number of aromatic nitrogens is 1. The van der Waals surface area contributed by atoms with Crippen molar-refractivity contribution in [3.8, 4) is 11.3 Å². The molecule has 0 saturated heterocycles. The number of hydrogen-bond acceptors (Lipinski definition) is 6. The Morgan fingerprint density at radius 2 is 1.52 bits per heavy atom. The molecule has 3 amide bonds. The lowest BCUT2D eigenvalue weighted by atomic mass is 10.1. The van der Waals surface area contributed by atoms with Gasteiger partial charge in [-0.05, 0) is 66.2 Å². The van der Waals surface area contributed by atoms with E-state index in [0.29, 0.717) is 37.7 Å². The third-order valence-electron chi connectivity index (χ3n) is 6.09. The summed E-state index contributed by atoms with van der Waals surface area (Å²) in [6, 6.07) is 30.0. The predicted octanol–water partition coefficient (Wildman–Crippen LogP) is 8.26. The third-order valence-corrected chi connectivity index (χ3v) is 8.44. The molecule has 44 heavy (non-hydrogen) atoms. The second-order valence-corrected chi connectivity index (χ2v) is 12.0. The molecule has 5 rings (SSSR count). The summed E-state index contributed by atoms with van der Waals surface area (Å²) >= 11 is 14.9. The van der Waals surface area contributed by atoms with Crippen molar-refractivity contribution in [2.45, 2.75) is 4.90 Å². The van der Waals surface area contributed by atoms with Crippen molar-refractivity contribution in [1.82, 2.24) is 10.3 Å². The van der Waals surface area contributed by atoms with E-state index in [9.17, 15) is 14.4 Å². The first-order valence-corrected chi connectivity index (χ1v) is 15.8. The van der Waals surface area contributed by atoms with E-state index in [1.165, 1.54) is 23.1 Å². The molecule has 0 atom stereocenters. The van der Waals surface area contributed by atoms with Gasteiger partial charge in [-0.3, -0.25) is 14.4 Å². The number of nitrogens with one attached hydrogen (secondary N) is 3. The van der Waals surface area contributed by atoms with Gasteiger partial charge in [-0.2, -0.15) is 0 Å². The van der Waals surface area contributed by atoms with Gasteiger partial charge >= 0.3 is 0 Å². The Balaban J connectivity index is 1.18. The number of nitrogens with zero attached hydrogens (tertiary/aromatic N) is 1. The van der Waals surface area contributed by atoms with Crippen molar-refractivity contribution in [3.63, 3.8) is 0 Å². The van der Waals surface area contributed by atoms with E-state index in [0.717, 1.165) is 10.5 Å². The average Bonchev–Trinajstić information content (AvgIpc) is 3.50. The SMILES string of the molecule is O=C(CSc1ccc(NC(=O)/C(=C/c2ccc(Cl)cc2)NC(=O)c2ccccc2)cc1)Nc1nc(-c2ccccc2Cl)cs1. The van der Waals surface area contributed by atoms with Crippen LogP contribution in [0.4, 0.5) is 10.8 Å². The van der Waals surface area contributed by atoms with Crippen LogP contribution in [-0.2, 0) is 9.59 Å². The summed E-state index contributed by atoms with van der Waals surface area (Å²) in [7, 11) is 0. The van der Waals surface area contributed by atoms with Gasteiger partial charge in [-0.15, -0.1) is 23.1 Å². The van der Waals surface area contributed by atoms with Crippen LogP contribution in [0.3, 0.4) is 0 Å². The van der Waals surface area contributed by atoms with Crippen LogP contribution in [0, 0.1) is 0 Å². The molecule has 7 nitrogen and oxygen atoms in total. The highest BCUT2D eigenvalue weighted by molar-refractivity contribution is 8.00. The number of thioether (sulfide) groups is 1. The molecule has 0 spiro atoms. The molecule has 3 N–H and O–H groups in total. The minimum absolute atomic E-state index is 0.0659. The molecule has 220 valence electrons. The molecule has 0 aliphatic heterocycles. The molecular formula is C33H24Cl2N4O3S2. The fourth-order valence-electron chi connectivity index (χ4n) is 3.93. The van der Waals surface area contributed by atoms with E-state index in [1.807, 2.05) is 29.6 Å². The highest BCUT2D eigenvalue weighted by atomic mass is 35.5. The van der Waals surface area contributed by atoms with Crippen LogP contribution in [0.15, 0.2) is 119 Å². The zero-order chi connectivity index (χ0) is 30.9. The maximum Gasteiger partial charge on any atom is 0.272 e. The van der Waals surface area contributed by atoms with Crippen LogP contribution in [0.5, 0.6) is 0 Å². The summed E-state index contributed by atoms with van der Waals surface area (Å²) in [5, 5.41) is 11.8. The maximum atomic E-state index is 13.2. The highest BCUT2D eigenvalue weighted by Gasteiger charge is 2.16. The highest BCUT2D eigenvalue weighted by Crippen LogP contribution is 2.30. The molecule has 1 heterocycles.